The highest BCUT2D eigenvalue weighted by molar-refractivity contribution is 9.09. The molecular weight excluding hydrogens is 440 g/mol. The fourth-order valence-corrected chi connectivity index (χ4v) is 5.16. The molecule has 1 heteroatoms. The summed E-state index contributed by atoms with van der Waals surface area (Å²) in [5, 5.41) is 1.19. The van der Waals surface area contributed by atoms with Crippen LogP contribution in [0.5, 0.6) is 0 Å². The Morgan fingerprint density at radius 1 is 0.258 bits per heavy atom. The molecule has 0 N–H and O–H groups in total. The molecule has 0 aliphatic rings. The van der Waals surface area contributed by atoms with E-state index >= 15 is 0 Å². The molecule has 0 bridgehead atoms. The average molecular weight is 502 g/mol. The smallest absolute Gasteiger partial charge is 0.00313 e. The van der Waals surface area contributed by atoms with E-state index in [0.717, 1.165) is 0 Å². The number of rotatable bonds is 28. The second kappa shape index (κ2) is 30.5. The third kappa shape index (κ3) is 30.5. The second-order valence-electron chi connectivity index (χ2n) is 10.2. The highest BCUT2D eigenvalue weighted by atomic mass is 79.9. The first-order chi connectivity index (χ1) is 15.4. The SMILES string of the molecule is CCCCCCCCCCCCCCCCCCCCCCCCCCCCCCBr. The van der Waals surface area contributed by atoms with E-state index < -0.39 is 0 Å². The van der Waals surface area contributed by atoms with Crippen molar-refractivity contribution in [3.05, 3.63) is 0 Å². The average Bonchev–Trinajstić information content (AvgIpc) is 2.78. The number of unbranched alkanes of at least 4 members (excludes halogenated alkanes) is 27. The van der Waals surface area contributed by atoms with Crippen LogP contribution in [0.1, 0.15) is 187 Å². The molecule has 31 heavy (non-hydrogen) atoms. The predicted molar refractivity (Wildman–Crippen MR) is 149 cm³/mol. The van der Waals surface area contributed by atoms with Crippen LogP contribution in [0.2, 0.25) is 0 Å². The molecule has 0 aliphatic carbocycles. The standard InChI is InChI=1S/C30H61Br/c1-2-3-4-5-6-7-8-9-10-11-12-13-14-15-16-17-18-19-20-21-22-23-24-25-26-27-28-29-30-31/h2-30H2,1H3. The number of hydrogen-bond acceptors (Lipinski definition) is 0. The van der Waals surface area contributed by atoms with Crippen LogP contribution in [-0.4, -0.2) is 5.33 Å². The quantitative estimate of drug-likeness (QED) is 0.0738. The molecule has 188 valence electrons. The Hall–Kier alpha value is 0.480. The zero-order valence-electron chi connectivity index (χ0n) is 21.9. The third-order valence-electron chi connectivity index (χ3n) is 6.99. The van der Waals surface area contributed by atoms with E-state index in [0.29, 0.717) is 0 Å². The van der Waals surface area contributed by atoms with Gasteiger partial charge in [0.1, 0.15) is 0 Å². The van der Waals surface area contributed by atoms with Gasteiger partial charge in [0.2, 0.25) is 0 Å². The van der Waals surface area contributed by atoms with Crippen LogP contribution >= 0.6 is 15.9 Å². The fourth-order valence-electron chi connectivity index (χ4n) is 4.76. The Labute approximate surface area is 207 Å². The van der Waals surface area contributed by atoms with Crippen molar-refractivity contribution in [2.24, 2.45) is 0 Å². The van der Waals surface area contributed by atoms with Crippen molar-refractivity contribution in [3.8, 4) is 0 Å². The molecule has 0 nitrogen and oxygen atoms in total. The normalized spacial score (nSPS) is 11.4. The first-order valence-corrected chi connectivity index (χ1v) is 16.1. The van der Waals surface area contributed by atoms with E-state index in [2.05, 4.69) is 22.9 Å². The Kier molecular flexibility index (Phi) is 31.0. The zero-order chi connectivity index (χ0) is 22.5. The van der Waals surface area contributed by atoms with Crippen molar-refractivity contribution in [1.82, 2.24) is 0 Å². The van der Waals surface area contributed by atoms with Gasteiger partial charge in [0.05, 0.1) is 0 Å². The van der Waals surface area contributed by atoms with Crippen LogP contribution in [0.25, 0.3) is 0 Å². The number of halogens is 1. The molecule has 0 aromatic heterocycles. The highest BCUT2D eigenvalue weighted by Gasteiger charge is 1.96. The maximum absolute atomic E-state index is 3.52. The van der Waals surface area contributed by atoms with Gasteiger partial charge in [-0.15, -0.1) is 0 Å². The van der Waals surface area contributed by atoms with Gasteiger partial charge < -0.3 is 0 Å². The molecule has 0 aromatic rings. The van der Waals surface area contributed by atoms with Crippen LogP contribution in [0, 0.1) is 0 Å². The van der Waals surface area contributed by atoms with E-state index in [4.69, 9.17) is 0 Å². The summed E-state index contributed by atoms with van der Waals surface area (Å²) in [6, 6.07) is 0. The van der Waals surface area contributed by atoms with Crippen LogP contribution in [0.4, 0.5) is 0 Å². The van der Waals surface area contributed by atoms with Crippen molar-refractivity contribution in [3.63, 3.8) is 0 Å². The van der Waals surface area contributed by atoms with E-state index in [-0.39, 0.29) is 0 Å². The third-order valence-corrected chi connectivity index (χ3v) is 7.55. The fraction of sp³-hybridized carbons (Fsp3) is 1.00. The first kappa shape index (κ1) is 31.5. The van der Waals surface area contributed by atoms with Gasteiger partial charge in [-0.05, 0) is 6.42 Å². The Bertz CT molecular complexity index is 260. The van der Waals surface area contributed by atoms with Crippen molar-refractivity contribution < 1.29 is 0 Å². The van der Waals surface area contributed by atoms with Crippen LogP contribution in [0.3, 0.4) is 0 Å². The monoisotopic (exact) mass is 500 g/mol. The summed E-state index contributed by atoms with van der Waals surface area (Å²) >= 11 is 3.52. The first-order valence-electron chi connectivity index (χ1n) is 15.0. The molecule has 0 atom stereocenters. The van der Waals surface area contributed by atoms with Gasteiger partial charge in [-0.1, -0.05) is 196 Å². The summed E-state index contributed by atoms with van der Waals surface area (Å²) in [5.74, 6) is 0. The molecule has 0 radical (unpaired) electrons. The van der Waals surface area contributed by atoms with Crippen molar-refractivity contribution in [2.75, 3.05) is 5.33 Å². The van der Waals surface area contributed by atoms with Gasteiger partial charge in [0.25, 0.3) is 0 Å². The predicted octanol–water partition coefficient (Wildman–Crippen LogP) is 12.3. The summed E-state index contributed by atoms with van der Waals surface area (Å²) in [6.45, 7) is 2.31. The number of hydrogen-bond donors (Lipinski definition) is 0. The summed E-state index contributed by atoms with van der Waals surface area (Å²) < 4.78 is 0. The zero-order valence-corrected chi connectivity index (χ0v) is 23.5. The lowest BCUT2D eigenvalue weighted by atomic mass is 10.0. The lowest BCUT2D eigenvalue weighted by Gasteiger charge is -2.04. The molecule has 0 fully saturated rings. The van der Waals surface area contributed by atoms with Crippen LogP contribution < -0.4 is 0 Å². The molecule has 0 heterocycles. The van der Waals surface area contributed by atoms with E-state index in [9.17, 15) is 0 Å². The van der Waals surface area contributed by atoms with Crippen LogP contribution in [0.15, 0.2) is 0 Å². The Morgan fingerprint density at radius 3 is 0.581 bits per heavy atom. The van der Waals surface area contributed by atoms with E-state index in [1.54, 1.807) is 0 Å². The second-order valence-corrected chi connectivity index (χ2v) is 11.0. The van der Waals surface area contributed by atoms with Crippen molar-refractivity contribution in [1.29, 1.82) is 0 Å². The molecular formula is C30H61Br. The lowest BCUT2D eigenvalue weighted by Crippen LogP contribution is -1.85. The summed E-state index contributed by atoms with van der Waals surface area (Å²) in [6.07, 6.45) is 41.2. The summed E-state index contributed by atoms with van der Waals surface area (Å²) in [4.78, 5) is 0. The maximum Gasteiger partial charge on any atom is 0.00313 e. The van der Waals surface area contributed by atoms with Gasteiger partial charge in [0.15, 0.2) is 0 Å². The van der Waals surface area contributed by atoms with Crippen molar-refractivity contribution in [2.45, 2.75) is 187 Å². The van der Waals surface area contributed by atoms with Crippen LogP contribution in [-0.2, 0) is 0 Å². The van der Waals surface area contributed by atoms with Crippen molar-refractivity contribution >= 4 is 15.9 Å². The minimum atomic E-state index is 1.19. The minimum absolute atomic E-state index is 1.19. The largest absolute Gasteiger partial charge is 0.0928 e. The molecule has 0 spiro atoms. The molecule has 0 saturated carbocycles. The topological polar surface area (TPSA) is 0 Å². The van der Waals surface area contributed by atoms with Gasteiger partial charge in [-0.3, -0.25) is 0 Å². The summed E-state index contributed by atoms with van der Waals surface area (Å²) in [5.41, 5.74) is 0. The Balaban J connectivity index is 2.98. The molecule has 0 aromatic carbocycles. The summed E-state index contributed by atoms with van der Waals surface area (Å²) in [7, 11) is 0. The molecule has 0 rings (SSSR count). The highest BCUT2D eigenvalue weighted by Crippen LogP contribution is 2.16. The number of alkyl halides is 1. The molecule has 0 saturated heterocycles. The van der Waals surface area contributed by atoms with Gasteiger partial charge in [-0.2, -0.15) is 0 Å². The molecule has 0 amide bonds. The molecule has 0 aliphatic heterocycles. The maximum atomic E-state index is 3.52. The van der Waals surface area contributed by atoms with Gasteiger partial charge in [0, 0.05) is 5.33 Å². The Morgan fingerprint density at radius 2 is 0.419 bits per heavy atom. The molecule has 0 unspecified atom stereocenters. The minimum Gasteiger partial charge on any atom is -0.0928 e. The van der Waals surface area contributed by atoms with Gasteiger partial charge >= 0.3 is 0 Å². The van der Waals surface area contributed by atoms with Gasteiger partial charge in [-0.25, -0.2) is 0 Å². The lowest BCUT2D eigenvalue weighted by molar-refractivity contribution is 0.514. The van der Waals surface area contributed by atoms with E-state index in [1.807, 2.05) is 0 Å². The van der Waals surface area contributed by atoms with E-state index in [1.165, 1.54) is 185 Å².